The Hall–Kier alpha value is -4.39. The second-order valence-corrected chi connectivity index (χ2v) is 19.0. The lowest BCUT2D eigenvalue weighted by Gasteiger charge is -2.33. The molecule has 0 bridgehead atoms. The summed E-state index contributed by atoms with van der Waals surface area (Å²) in [4.78, 5) is 0. The summed E-state index contributed by atoms with van der Waals surface area (Å²) in [6.07, 6.45) is 18.6. The monoisotopic (exact) mass is 796 g/mol. The number of aryl methyl sites for hydroxylation is 2. The molecule has 2 aliphatic rings. The van der Waals surface area contributed by atoms with Crippen molar-refractivity contribution in [3.63, 3.8) is 0 Å². The van der Waals surface area contributed by atoms with E-state index in [1.165, 1.54) is 162 Å². The van der Waals surface area contributed by atoms with Crippen molar-refractivity contribution < 1.29 is 0 Å². The molecule has 0 heterocycles. The number of benzene rings is 6. The van der Waals surface area contributed by atoms with Gasteiger partial charge in [0.15, 0.2) is 0 Å². The number of fused-ring (bicyclic) bond motifs is 6. The van der Waals surface area contributed by atoms with Crippen LogP contribution in [0.5, 0.6) is 0 Å². The van der Waals surface area contributed by atoms with Gasteiger partial charge in [-0.1, -0.05) is 201 Å². The first-order valence-corrected chi connectivity index (χ1v) is 23.5. The van der Waals surface area contributed by atoms with Gasteiger partial charge >= 0.3 is 0 Å². The Morgan fingerprint density at radius 2 is 0.831 bits per heavy atom. The quantitative estimate of drug-likeness (QED) is 0.0807. The molecule has 1 heteroatoms. The fourth-order valence-corrected chi connectivity index (χ4v) is 11.0. The van der Waals surface area contributed by atoms with Crippen LogP contribution < -0.4 is 0 Å². The lowest BCUT2D eigenvalue weighted by Crippen LogP contribution is -2.25. The molecule has 304 valence electrons. The van der Waals surface area contributed by atoms with E-state index in [-0.39, 0.29) is 10.8 Å². The predicted octanol–water partition coefficient (Wildman–Crippen LogP) is 18.0. The van der Waals surface area contributed by atoms with E-state index >= 15 is 0 Å². The van der Waals surface area contributed by atoms with Crippen LogP contribution in [0.3, 0.4) is 0 Å². The topological polar surface area (TPSA) is 0 Å². The molecule has 8 rings (SSSR count). The van der Waals surface area contributed by atoms with E-state index in [4.69, 9.17) is 11.6 Å². The number of halogens is 1. The molecule has 0 spiro atoms. The van der Waals surface area contributed by atoms with Crippen LogP contribution in [0.2, 0.25) is 5.02 Å². The van der Waals surface area contributed by atoms with Crippen LogP contribution in [0.4, 0.5) is 0 Å². The van der Waals surface area contributed by atoms with Crippen LogP contribution in [0.15, 0.2) is 115 Å². The van der Waals surface area contributed by atoms with E-state index in [0.29, 0.717) is 0 Å². The Bertz CT molecular complexity index is 2410. The third kappa shape index (κ3) is 8.00. The van der Waals surface area contributed by atoms with Crippen molar-refractivity contribution in [2.45, 2.75) is 142 Å². The molecule has 0 fully saturated rings. The number of unbranched alkanes of at least 4 members (excludes halogenated alkanes) is 10. The van der Waals surface area contributed by atoms with Crippen molar-refractivity contribution in [2.75, 3.05) is 0 Å². The minimum Gasteiger partial charge on any atom is -0.0840 e. The summed E-state index contributed by atoms with van der Waals surface area (Å²) in [6, 6.07) is 44.7. The minimum atomic E-state index is -0.110. The van der Waals surface area contributed by atoms with Gasteiger partial charge in [-0.15, -0.1) is 0 Å². The smallest absolute Gasteiger partial charge is 0.0438 e. The van der Waals surface area contributed by atoms with Crippen LogP contribution in [0.25, 0.3) is 55.6 Å². The van der Waals surface area contributed by atoms with E-state index in [0.717, 1.165) is 10.6 Å². The molecule has 0 nitrogen and oxygen atoms in total. The van der Waals surface area contributed by atoms with E-state index in [9.17, 15) is 0 Å². The van der Waals surface area contributed by atoms with Gasteiger partial charge in [0, 0.05) is 15.9 Å². The fourth-order valence-electron chi connectivity index (χ4n) is 10.7. The molecule has 6 aromatic carbocycles. The molecule has 0 radical (unpaired) electrons. The summed E-state index contributed by atoms with van der Waals surface area (Å²) < 4.78 is 0. The molecule has 0 saturated carbocycles. The highest BCUT2D eigenvalue weighted by atomic mass is 35.5. The largest absolute Gasteiger partial charge is 0.0840 e. The second kappa shape index (κ2) is 17.7. The Balaban J connectivity index is 1.10. The van der Waals surface area contributed by atoms with Crippen molar-refractivity contribution in [1.29, 1.82) is 0 Å². The van der Waals surface area contributed by atoms with Gasteiger partial charge in [0.05, 0.1) is 0 Å². The average Bonchev–Trinajstić information content (AvgIpc) is 3.65. The van der Waals surface area contributed by atoms with Crippen LogP contribution in [0, 0.1) is 13.8 Å². The zero-order chi connectivity index (χ0) is 41.1. The summed E-state index contributed by atoms with van der Waals surface area (Å²) >= 11 is 6.43. The van der Waals surface area contributed by atoms with Gasteiger partial charge in [0.2, 0.25) is 0 Å². The highest BCUT2D eigenvalue weighted by molar-refractivity contribution is 6.31. The Morgan fingerprint density at radius 1 is 0.390 bits per heavy atom. The van der Waals surface area contributed by atoms with Crippen molar-refractivity contribution in [3.05, 3.63) is 154 Å². The molecule has 0 N–H and O–H groups in total. The highest BCUT2D eigenvalue weighted by Gasteiger charge is 2.42. The summed E-state index contributed by atoms with van der Waals surface area (Å²) in [6.45, 7) is 13.7. The van der Waals surface area contributed by atoms with Gasteiger partial charge in [-0.05, 0) is 146 Å². The van der Waals surface area contributed by atoms with Crippen molar-refractivity contribution in [3.8, 4) is 55.6 Å². The molecule has 0 aromatic heterocycles. The number of hydrogen-bond acceptors (Lipinski definition) is 0. The molecule has 0 atom stereocenters. The van der Waals surface area contributed by atoms with Crippen molar-refractivity contribution in [2.24, 2.45) is 0 Å². The van der Waals surface area contributed by atoms with E-state index in [2.05, 4.69) is 157 Å². The molecule has 0 aliphatic heterocycles. The molecular formula is C58H65Cl. The van der Waals surface area contributed by atoms with Crippen LogP contribution in [-0.2, 0) is 10.8 Å². The van der Waals surface area contributed by atoms with Gasteiger partial charge in [-0.25, -0.2) is 0 Å². The Morgan fingerprint density at radius 3 is 1.41 bits per heavy atom. The van der Waals surface area contributed by atoms with Crippen LogP contribution in [0.1, 0.15) is 151 Å². The molecule has 59 heavy (non-hydrogen) atoms. The first kappa shape index (κ1) is 41.3. The van der Waals surface area contributed by atoms with E-state index in [1.54, 1.807) is 11.1 Å². The maximum absolute atomic E-state index is 6.43. The molecule has 6 aromatic rings. The van der Waals surface area contributed by atoms with Gasteiger partial charge in [-0.3, -0.25) is 0 Å². The van der Waals surface area contributed by atoms with Gasteiger partial charge in [-0.2, -0.15) is 0 Å². The van der Waals surface area contributed by atoms with Crippen LogP contribution in [-0.4, -0.2) is 0 Å². The third-order valence-electron chi connectivity index (χ3n) is 14.2. The molecule has 2 aliphatic carbocycles. The summed E-state index contributed by atoms with van der Waals surface area (Å²) in [5.41, 5.74) is 21.7. The Labute approximate surface area is 361 Å². The third-order valence-corrected chi connectivity index (χ3v) is 14.6. The summed E-state index contributed by atoms with van der Waals surface area (Å²) in [5.74, 6) is 0. The van der Waals surface area contributed by atoms with Crippen molar-refractivity contribution in [1.82, 2.24) is 0 Å². The number of rotatable bonds is 17. The number of hydrogen-bond donors (Lipinski definition) is 0. The molecule has 0 saturated heterocycles. The second-order valence-electron chi connectivity index (χ2n) is 18.6. The van der Waals surface area contributed by atoms with E-state index in [1.807, 2.05) is 0 Å². The summed E-state index contributed by atoms with van der Waals surface area (Å²) in [5, 5.41) is 0.828. The van der Waals surface area contributed by atoms with Crippen LogP contribution >= 0.6 is 11.6 Å². The first-order valence-electron chi connectivity index (χ1n) is 23.1. The van der Waals surface area contributed by atoms with E-state index < -0.39 is 0 Å². The normalized spacial score (nSPS) is 14.2. The maximum atomic E-state index is 6.43. The van der Waals surface area contributed by atoms with Gasteiger partial charge in [0.25, 0.3) is 0 Å². The standard InChI is InChI=1S/C58H65Cl/c1-7-9-11-13-15-19-33-58(34-20-16-14-12-10-8-2)52-22-18-17-21-47(52)50-32-29-46(39-55(50)58)45-28-31-49-48-30-27-44(37-53(48)57(5,6)54(49)38-45)42-23-25-43(26-24-42)51-35-41(4)56(59)36-40(51)3/h17-18,21-32,35-39H,7-16,19-20,33-34H2,1-6H3. The Kier molecular flexibility index (Phi) is 12.4. The highest BCUT2D eigenvalue weighted by Crippen LogP contribution is 2.56. The zero-order valence-corrected chi connectivity index (χ0v) is 37.5. The lowest BCUT2D eigenvalue weighted by atomic mass is 9.70. The first-order chi connectivity index (χ1) is 28.7. The average molecular weight is 798 g/mol. The SMILES string of the molecule is CCCCCCCCC1(CCCCCCCC)c2ccccc2-c2ccc(-c3ccc4c(c3)C(C)(C)c3cc(-c5ccc(-c6cc(C)c(Cl)cc6C)cc5)ccc3-4)cc21. The lowest BCUT2D eigenvalue weighted by molar-refractivity contribution is 0.398. The zero-order valence-electron chi connectivity index (χ0n) is 36.7. The van der Waals surface area contributed by atoms with Gasteiger partial charge in [0.1, 0.15) is 0 Å². The molecule has 0 amide bonds. The molecular weight excluding hydrogens is 732 g/mol. The predicted molar refractivity (Wildman–Crippen MR) is 257 cm³/mol. The summed E-state index contributed by atoms with van der Waals surface area (Å²) in [7, 11) is 0. The van der Waals surface area contributed by atoms with Gasteiger partial charge < -0.3 is 0 Å². The minimum absolute atomic E-state index is 0.0882. The molecule has 0 unspecified atom stereocenters. The fraction of sp³-hybridized carbons (Fsp3) is 0.379. The van der Waals surface area contributed by atoms with Crippen molar-refractivity contribution >= 4 is 11.6 Å². The maximum Gasteiger partial charge on any atom is 0.0438 e.